The van der Waals surface area contributed by atoms with Crippen molar-refractivity contribution in [1.29, 1.82) is 5.26 Å². The molecule has 1 aromatic rings. The largest absolute Gasteiger partial charge is 0.367 e. The minimum atomic E-state index is 0.644. The second-order valence-corrected chi connectivity index (χ2v) is 6.30. The Balaban J connectivity index is 2.24. The van der Waals surface area contributed by atoms with Gasteiger partial charge in [0, 0.05) is 17.1 Å². The minimum absolute atomic E-state index is 0.644. The molecule has 18 heavy (non-hydrogen) atoms. The van der Waals surface area contributed by atoms with Crippen LogP contribution >= 0.6 is 15.9 Å². The van der Waals surface area contributed by atoms with E-state index in [4.69, 9.17) is 0 Å². The molecule has 0 spiro atoms. The highest BCUT2D eigenvalue weighted by molar-refractivity contribution is 9.10. The summed E-state index contributed by atoms with van der Waals surface area (Å²) in [6.07, 6.45) is 3.69. The Kier molecular flexibility index (Phi) is 4.29. The first-order chi connectivity index (χ1) is 8.61. The van der Waals surface area contributed by atoms with E-state index in [0.717, 1.165) is 22.3 Å². The summed E-state index contributed by atoms with van der Waals surface area (Å²) in [6, 6.07) is 8.88. The molecule has 1 aliphatic rings. The van der Waals surface area contributed by atoms with Crippen LogP contribution < -0.4 is 4.90 Å². The van der Waals surface area contributed by atoms with Gasteiger partial charge in [-0.15, -0.1) is 0 Å². The maximum absolute atomic E-state index is 9.25. The molecule has 0 unspecified atom stereocenters. The SMILES string of the molecule is CC(C)CCN(c1cc(Br)ccc1C#N)C1CC1. The number of hydrogen-bond donors (Lipinski definition) is 0. The predicted octanol–water partition coefficient (Wildman–Crippen LogP) is 4.34. The zero-order valence-electron chi connectivity index (χ0n) is 11.0. The summed E-state index contributed by atoms with van der Waals surface area (Å²) in [6.45, 7) is 5.54. The van der Waals surface area contributed by atoms with E-state index in [1.807, 2.05) is 12.1 Å². The molecule has 1 aliphatic carbocycles. The van der Waals surface area contributed by atoms with Gasteiger partial charge in [0.15, 0.2) is 0 Å². The van der Waals surface area contributed by atoms with E-state index >= 15 is 0 Å². The third kappa shape index (κ3) is 3.26. The third-order valence-electron chi connectivity index (χ3n) is 3.32. The van der Waals surface area contributed by atoms with Crippen LogP contribution in [0.4, 0.5) is 5.69 Å². The number of rotatable bonds is 5. The molecule has 1 fully saturated rings. The Labute approximate surface area is 118 Å². The first-order valence-corrected chi connectivity index (χ1v) is 7.37. The highest BCUT2D eigenvalue weighted by Crippen LogP contribution is 2.35. The van der Waals surface area contributed by atoms with E-state index in [2.05, 4.69) is 46.8 Å². The van der Waals surface area contributed by atoms with Crippen LogP contribution in [0.5, 0.6) is 0 Å². The molecule has 96 valence electrons. The Hall–Kier alpha value is -1.01. The summed E-state index contributed by atoms with van der Waals surface area (Å²) in [5.41, 5.74) is 1.88. The standard InChI is InChI=1S/C15H19BrN2/c1-11(2)7-8-18(14-5-6-14)15-9-13(16)4-3-12(15)10-17/h3-4,9,11,14H,5-8H2,1-2H3. The van der Waals surface area contributed by atoms with Crippen LogP contribution in [0.2, 0.25) is 0 Å². The number of nitrogens with zero attached hydrogens (tertiary/aromatic N) is 2. The average molecular weight is 307 g/mol. The van der Waals surface area contributed by atoms with Crippen molar-refractivity contribution in [3.63, 3.8) is 0 Å². The van der Waals surface area contributed by atoms with Gasteiger partial charge in [0.25, 0.3) is 0 Å². The van der Waals surface area contributed by atoms with Crippen LogP contribution in [-0.4, -0.2) is 12.6 Å². The van der Waals surface area contributed by atoms with Crippen LogP contribution in [0.25, 0.3) is 0 Å². The second-order valence-electron chi connectivity index (χ2n) is 5.38. The third-order valence-corrected chi connectivity index (χ3v) is 3.82. The van der Waals surface area contributed by atoms with Gasteiger partial charge in [0.2, 0.25) is 0 Å². The topological polar surface area (TPSA) is 27.0 Å². The molecule has 0 atom stereocenters. The summed E-state index contributed by atoms with van der Waals surface area (Å²) in [5, 5.41) is 9.25. The second kappa shape index (κ2) is 5.75. The maximum atomic E-state index is 9.25. The fraction of sp³-hybridized carbons (Fsp3) is 0.533. The number of hydrogen-bond acceptors (Lipinski definition) is 2. The lowest BCUT2D eigenvalue weighted by atomic mass is 10.1. The van der Waals surface area contributed by atoms with Gasteiger partial charge >= 0.3 is 0 Å². The fourth-order valence-electron chi connectivity index (χ4n) is 2.12. The molecule has 0 bridgehead atoms. The molecule has 0 radical (unpaired) electrons. The highest BCUT2D eigenvalue weighted by atomic mass is 79.9. The van der Waals surface area contributed by atoms with Crippen molar-refractivity contribution in [2.45, 2.75) is 39.2 Å². The maximum Gasteiger partial charge on any atom is 0.101 e. The Morgan fingerprint density at radius 2 is 2.17 bits per heavy atom. The lowest BCUT2D eigenvalue weighted by Crippen LogP contribution is -2.28. The van der Waals surface area contributed by atoms with Gasteiger partial charge < -0.3 is 4.90 Å². The van der Waals surface area contributed by atoms with Gasteiger partial charge in [-0.25, -0.2) is 0 Å². The number of halogens is 1. The highest BCUT2D eigenvalue weighted by Gasteiger charge is 2.30. The van der Waals surface area contributed by atoms with Crippen molar-refractivity contribution in [3.05, 3.63) is 28.2 Å². The number of anilines is 1. The van der Waals surface area contributed by atoms with Crippen molar-refractivity contribution in [1.82, 2.24) is 0 Å². The molecule has 1 aromatic carbocycles. The molecule has 0 saturated heterocycles. The van der Waals surface area contributed by atoms with Crippen molar-refractivity contribution in [2.24, 2.45) is 5.92 Å². The molecule has 2 rings (SSSR count). The van der Waals surface area contributed by atoms with Gasteiger partial charge in [0.1, 0.15) is 6.07 Å². The van der Waals surface area contributed by atoms with Gasteiger partial charge in [-0.3, -0.25) is 0 Å². The van der Waals surface area contributed by atoms with Crippen molar-refractivity contribution in [2.75, 3.05) is 11.4 Å². The van der Waals surface area contributed by atoms with Crippen LogP contribution in [0.3, 0.4) is 0 Å². The molecule has 0 N–H and O–H groups in total. The fourth-order valence-corrected chi connectivity index (χ4v) is 2.47. The zero-order chi connectivity index (χ0) is 13.1. The number of nitriles is 1. The van der Waals surface area contributed by atoms with E-state index in [1.165, 1.54) is 19.3 Å². The van der Waals surface area contributed by atoms with Crippen LogP contribution in [-0.2, 0) is 0 Å². The molecule has 1 saturated carbocycles. The summed E-state index contributed by atoms with van der Waals surface area (Å²) in [5.74, 6) is 0.698. The minimum Gasteiger partial charge on any atom is -0.367 e. The molecular weight excluding hydrogens is 288 g/mol. The smallest absolute Gasteiger partial charge is 0.101 e. The van der Waals surface area contributed by atoms with Gasteiger partial charge in [-0.1, -0.05) is 29.8 Å². The average Bonchev–Trinajstić information content (AvgIpc) is 3.14. The molecule has 0 heterocycles. The van der Waals surface area contributed by atoms with E-state index in [1.54, 1.807) is 0 Å². The normalized spacial score (nSPS) is 14.6. The van der Waals surface area contributed by atoms with Crippen molar-refractivity contribution < 1.29 is 0 Å². The lowest BCUT2D eigenvalue weighted by molar-refractivity contribution is 0.570. The van der Waals surface area contributed by atoms with E-state index in [0.29, 0.717) is 12.0 Å². The first-order valence-electron chi connectivity index (χ1n) is 6.58. The zero-order valence-corrected chi connectivity index (χ0v) is 12.6. The molecule has 0 aliphatic heterocycles. The Bertz CT molecular complexity index is 458. The monoisotopic (exact) mass is 306 g/mol. The van der Waals surface area contributed by atoms with E-state index in [-0.39, 0.29) is 0 Å². The molecule has 3 heteroatoms. The predicted molar refractivity (Wildman–Crippen MR) is 78.7 cm³/mol. The quantitative estimate of drug-likeness (QED) is 0.809. The molecular formula is C15H19BrN2. The molecule has 2 nitrogen and oxygen atoms in total. The first kappa shape index (κ1) is 13.4. The van der Waals surface area contributed by atoms with E-state index in [9.17, 15) is 5.26 Å². The van der Waals surface area contributed by atoms with Gasteiger partial charge in [-0.2, -0.15) is 5.26 Å². The summed E-state index contributed by atoms with van der Waals surface area (Å²) < 4.78 is 1.05. The Morgan fingerprint density at radius 3 is 2.72 bits per heavy atom. The molecule has 0 amide bonds. The number of benzene rings is 1. The van der Waals surface area contributed by atoms with Crippen LogP contribution in [0.15, 0.2) is 22.7 Å². The van der Waals surface area contributed by atoms with Crippen LogP contribution in [0, 0.1) is 17.2 Å². The van der Waals surface area contributed by atoms with Crippen LogP contribution in [0.1, 0.15) is 38.7 Å². The van der Waals surface area contributed by atoms with Crippen molar-refractivity contribution in [3.8, 4) is 6.07 Å². The Morgan fingerprint density at radius 1 is 1.44 bits per heavy atom. The van der Waals surface area contributed by atoms with E-state index < -0.39 is 0 Å². The summed E-state index contributed by atoms with van der Waals surface area (Å²) in [7, 11) is 0. The summed E-state index contributed by atoms with van der Waals surface area (Å²) >= 11 is 3.51. The van der Waals surface area contributed by atoms with Gasteiger partial charge in [-0.05, 0) is 43.4 Å². The molecule has 0 aromatic heterocycles. The van der Waals surface area contributed by atoms with Gasteiger partial charge in [0.05, 0.1) is 11.3 Å². The lowest BCUT2D eigenvalue weighted by Gasteiger charge is -2.26. The van der Waals surface area contributed by atoms with Crippen molar-refractivity contribution >= 4 is 21.6 Å². The summed E-state index contributed by atoms with van der Waals surface area (Å²) in [4.78, 5) is 2.42.